The van der Waals surface area contributed by atoms with Crippen LogP contribution in [0.4, 0.5) is 5.82 Å². The number of nitrogens with one attached hydrogen (secondary N) is 2. The zero-order valence-corrected chi connectivity index (χ0v) is 12.0. The lowest BCUT2D eigenvalue weighted by Crippen LogP contribution is -2.29. The molecule has 1 heterocycles. The summed E-state index contributed by atoms with van der Waals surface area (Å²) in [5.74, 6) is 0.571. The summed E-state index contributed by atoms with van der Waals surface area (Å²) in [6.07, 6.45) is 5.22. The van der Waals surface area contributed by atoms with Crippen molar-refractivity contribution in [2.45, 2.75) is 38.7 Å². The van der Waals surface area contributed by atoms with Crippen molar-refractivity contribution in [1.29, 1.82) is 0 Å². The Hall–Kier alpha value is -1.62. The lowest BCUT2D eigenvalue weighted by Gasteiger charge is -2.11. The topological polar surface area (TPSA) is 63.2 Å². The number of rotatable bonds is 7. The number of carbonyl (C=O) groups excluding carboxylic acids is 1. The highest BCUT2D eigenvalue weighted by Crippen LogP contribution is 2.20. The van der Waals surface area contributed by atoms with E-state index in [0.29, 0.717) is 24.9 Å². The fraction of sp³-hybridized carbons (Fsp3) is 0.600. The highest BCUT2D eigenvalue weighted by atomic mass is 16.5. The number of amides is 1. The van der Waals surface area contributed by atoms with Crippen LogP contribution in [-0.2, 0) is 4.74 Å². The first-order valence-electron chi connectivity index (χ1n) is 7.40. The molecular weight excluding hydrogens is 254 g/mol. The predicted octanol–water partition coefficient (Wildman–Crippen LogP) is 2.20. The smallest absolute Gasteiger partial charge is 0.270 e. The predicted molar refractivity (Wildman–Crippen MR) is 78.9 cm³/mol. The van der Waals surface area contributed by atoms with Gasteiger partial charge in [0.05, 0.1) is 12.7 Å². The van der Waals surface area contributed by atoms with Gasteiger partial charge in [-0.2, -0.15) is 0 Å². The molecule has 5 nitrogen and oxygen atoms in total. The molecule has 0 bridgehead atoms. The first kappa shape index (κ1) is 14.8. The number of anilines is 1. The van der Waals surface area contributed by atoms with Gasteiger partial charge >= 0.3 is 0 Å². The number of aromatic nitrogens is 1. The van der Waals surface area contributed by atoms with Crippen LogP contribution in [-0.4, -0.2) is 36.7 Å². The molecule has 1 fully saturated rings. The number of ether oxygens (including phenoxy) is 1. The molecule has 5 heteroatoms. The Bertz CT molecular complexity index is 431. The summed E-state index contributed by atoms with van der Waals surface area (Å²) < 4.78 is 5.70. The highest BCUT2D eigenvalue weighted by Gasteiger charge is 2.15. The van der Waals surface area contributed by atoms with E-state index in [4.69, 9.17) is 4.74 Å². The largest absolute Gasteiger partial charge is 0.376 e. The second-order valence-corrected chi connectivity index (χ2v) is 4.97. The van der Waals surface area contributed by atoms with Crippen LogP contribution in [0.15, 0.2) is 18.2 Å². The lowest BCUT2D eigenvalue weighted by atomic mass is 10.3. The minimum Gasteiger partial charge on any atom is -0.376 e. The molecule has 1 amide bonds. The van der Waals surface area contributed by atoms with Gasteiger partial charge in [-0.15, -0.1) is 0 Å². The fourth-order valence-corrected chi connectivity index (χ4v) is 2.38. The molecule has 1 aliphatic carbocycles. The molecule has 0 unspecified atom stereocenters. The van der Waals surface area contributed by atoms with Crippen molar-refractivity contribution in [3.63, 3.8) is 0 Å². The van der Waals surface area contributed by atoms with E-state index in [1.54, 1.807) is 6.07 Å². The second-order valence-electron chi connectivity index (χ2n) is 4.97. The quantitative estimate of drug-likeness (QED) is 0.750. The van der Waals surface area contributed by atoms with Gasteiger partial charge in [0.25, 0.3) is 5.91 Å². The summed E-state index contributed by atoms with van der Waals surface area (Å²) in [7, 11) is 0. The summed E-state index contributed by atoms with van der Waals surface area (Å²) in [5, 5.41) is 5.93. The van der Waals surface area contributed by atoms with Gasteiger partial charge in [0.1, 0.15) is 11.5 Å². The van der Waals surface area contributed by atoms with Crippen LogP contribution in [0.3, 0.4) is 0 Å². The first-order valence-corrected chi connectivity index (χ1v) is 7.40. The van der Waals surface area contributed by atoms with Crippen LogP contribution in [0.25, 0.3) is 0 Å². The second kappa shape index (κ2) is 7.85. The molecule has 0 radical (unpaired) electrons. The summed E-state index contributed by atoms with van der Waals surface area (Å²) >= 11 is 0. The molecule has 1 aromatic rings. The highest BCUT2D eigenvalue weighted by molar-refractivity contribution is 5.92. The van der Waals surface area contributed by atoms with Gasteiger partial charge < -0.3 is 15.4 Å². The molecule has 2 rings (SSSR count). The van der Waals surface area contributed by atoms with Crippen LogP contribution < -0.4 is 10.6 Å². The molecule has 0 aromatic carbocycles. The Kier molecular flexibility index (Phi) is 5.80. The van der Waals surface area contributed by atoms with Gasteiger partial charge in [-0.3, -0.25) is 4.79 Å². The Morgan fingerprint density at radius 3 is 2.95 bits per heavy atom. The maximum Gasteiger partial charge on any atom is 0.270 e. The fourth-order valence-electron chi connectivity index (χ4n) is 2.38. The van der Waals surface area contributed by atoms with Crippen molar-refractivity contribution < 1.29 is 9.53 Å². The Morgan fingerprint density at radius 1 is 1.40 bits per heavy atom. The van der Waals surface area contributed by atoms with Crippen molar-refractivity contribution in [2.75, 3.05) is 25.0 Å². The average molecular weight is 277 g/mol. The minimum absolute atomic E-state index is 0.153. The number of hydrogen-bond donors (Lipinski definition) is 2. The molecule has 1 saturated carbocycles. The summed E-state index contributed by atoms with van der Waals surface area (Å²) in [6, 6.07) is 5.40. The Balaban J connectivity index is 1.72. The van der Waals surface area contributed by atoms with E-state index in [2.05, 4.69) is 15.6 Å². The molecular formula is C15H23N3O2. The zero-order valence-electron chi connectivity index (χ0n) is 12.0. The number of pyridine rings is 1. The summed E-state index contributed by atoms with van der Waals surface area (Å²) in [5.41, 5.74) is 0.435. The average Bonchev–Trinajstić information content (AvgIpc) is 2.97. The molecule has 1 aliphatic rings. The van der Waals surface area contributed by atoms with Gasteiger partial charge in [0.15, 0.2) is 0 Å². The number of hydrogen-bond acceptors (Lipinski definition) is 4. The van der Waals surface area contributed by atoms with Crippen LogP contribution in [0, 0.1) is 0 Å². The molecule has 20 heavy (non-hydrogen) atoms. The third-order valence-electron chi connectivity index (χ3n) is 3.38. The van der Waals surface area contributed by atoms with Crippen molar-refractivity contribution in [1.82, 2.24) is 10.3 Å². The van der Waals surface area contributed by atoms with E-state index in [9.17, 15) is 4.79 Å². The summed E-state index contributed by atoms with van der Waals surface area (Å²) in [6.45, 7) is 3.88. The van der Waals surface area contributed by atoms with Crippen molar-refractivity contribution in [3.8, 4) is 0 Å². The maximum atomic E-state index is 11.9. The maximum absolute atomic E-state index is 11.9. The van der Waals surface area contributed by atoms with E-state index >= 15 is 0 Å². The van der Waals surface area contributed by atoms with Crippen LogP contribution in [0.5, 0.6) is 0 Å². The first-order chi connectivity index (χ1) is 9.79. The van der Waals surface area contributed by atoms with Crippen LogP contribution in [0.2, 0.25) is 0 Å². The van der Waals surface area contributed by atoms with Gasteiger partial charge in [-0.05, 0) is 31.9 Å². The normalized spacial score (nSPS) is 15.2. The van der Waals surface area contributed by atoms with Crippen LogP contribution >= 0.6 is 0 Å². The van der Waals surface area contributed by atoms with E-state index in [0.717, 1.165) is 25.2 Å². The van der Waals surface area contributed by atoms with Crippen molar-refractivity contribution in [3.05, 3.63) is 23.9 Å². The molecule has 0 saturated heterocycles. The van der Waals surface area contributed by atoms with Gasteiger partial charge in [-0.1, -0.05) is 18.9 Å². The van der Waals surface area contributed by atoms with E-state index in [1.807, 2.05) is 19.1 Å². The Labute approximate surface area is 120 Å². The molecule has 0 atom stereocenters. The van der Waals surface area contributed by atoms with Crippen LogP contribution in [0.1, 0.15) is 43.1 Å². The monoisotopic (exact) mass is 277 g/mol. The van der Waals surface area contributed by atoms with Crippen molar-refractivity contribution >= 4 is 11.7 Å². The third-order valence-corrected chi connectivity index (χ3v) is 3.38. The molecule has 0 aliphatic heterocycles. The summed E-state index contributed by atoms with van der Waals surface area (Å²) in [4.78, 5) is 16.2. The molecule has 1 aromatic heterocycles. The lowest BCUT2D eigenvalue weighted by molar-refractivity contribution is 0.0581. The van der Waals surface area contributed by atoms with E-state index in [1.165, 1.54) is 12.8 Å². The third kappa shape index (κ3) is 4.49. The van der Waals surface area contributed by atoms with Gasteiger partial charge in [0.2, 0.25) is 0 Å². The van der Waals surface area contributed by atoms with Crippen molar-refractivity contribution in [2.24, 2.45) is 0 Å². The van der Waals surface area contributed by atoms with Gasteiger partial charge in [0, 0.05) is 13.1 Å². The van der Waals surface area contributed by atoms with E-state index in [-0.39, 0.29) is 5.91 Å². The SMILES string of the molecule is CCNc1cccc(C(=O)NCCOC2CCCC2)n1. The number of carbonyl (C=O) groups is 1. The number of nitrogens with zero attached hydrogens (tertiary/aromatic N) is 1. The van der Waals surface area contributed by atoms with Gasteiger partial charge in [-0.25, -0.2) is 4.98 Å². The standard InChI is InChI=1S/C15H23N3O2/c1-2-16-14-9-5-8-13(18-14)15(19)17-10-11-20-12-6-3-4-7-12/h5,8-9,12H,2-4,6-7,10-11H2,1H3,(H,16,18)(H,17,19). The molecule has 0 spiro atoms. The minimum atomic E-state index is -0.153. The molecule has 110 valence electrons. The van der Waals surface area contributed by atoms with E-state index < -0.39 is 0 Å². The zero-order chi connectivity index (χ0) is 14.2. The Morgan fingerprint density at radius 2 is 2.20 bits per heavy atom. The molecule has 2 N–H and O–H groups in total.